The summed E-state index contributed by atoms with van der Waals surface area (Å²) in [6.45, 7) is 2.69. The van der Waals surface area contributed by atoms with Gasteiger partial charge in [-0.1, -0.05) is 18.2 Å². The number of carbonyl (C=O) groups excluding carboxylic acids is 1. The minimum absolute atomic E-state index is 0.0706. The standard InChI is InChI=1S/C18H23BrN4O3S/c1-20-15-7-3-2-6-14(15)16(19)17(20)18(24)21-10-12-23(13-11-21)27(25,26)22-8-4-5-9-22/h2-3,6-7H,4-5,8-13H2,1H3. The molecule has 0 saturated carbocycles. The van der Waals surface area contributed by atoms with Crippen molar-refractivity contribution in [3.05, 3.63) is 34.4 Å². The molecule has 27 heavy (non-hydrogen) atoms. The number of rotatable bonds is 3. The van der Waals surface area contributed by atoms with Crippen LogP contribution in [0.4, 0.5) is 0 Å². The molecule has 1 amide bonds. The third-order valence-corrected chi connectivity index (χ3v) is 8.33. The fourth-order valence-corrected chi connectivity index (χ4v) is 6.38. The normalized spacial score (nSPS) is 19.9. The SMILES string of the molecule is Cn1c(C(=O)N2CCN(S(=O)(=O)N3CCCC3)CC2)c(Br)c2ccccc21. The zero-order valence-corrected chi connectivity index (χ0v) is 17.7. The number of hydrogen-bond donors (Lipinski definition) is 0. The zero-order valence-electron chi connectivity index (χ0n) is 15.3. The Morgan fingerprint density at radius 3 is 2.19 bits per heavy atom. The lowest BCUT2D eigenvalue weighted by molar-refractivity contribution is 0.0684. The van der Waals surface area contributed by atoms with E-state index in [4.69, 9.17) is 0 Å². The first-order valence-electron chi connectivity index (χ1n) is 9.18. The van der Waals surface area contributed by atoms with Gasteiger partial charge in [0.2, 0.25) is 0 Å². The van der Waals surface area contributed by atoms with Gasteiger partial charge in [0.25, 0.3) is 16.1 Å². The molecule has 0 atom stereocenters. The maximum Gasteiger partial charge on any atom is 0.282 e. The van der Waals surface area contributed by atoms with E-state index in [2.05, 4.69) is 15.9 Å². The molecular formula is C18H23BrN4O3S. The van der Waals surface area contributed by atoms with Gasteiger partial charge in [-0.25, -0.2) is 0 Å². The second kappa shape index (κ2) is 7.20. The molecule has 2 aliphatic rings. The Balaban J connectivity index is 1.51. The van der Waals surface area contributed by atoms with Gasteiger partial charge >= 0.3 is 0 Å². The van der Waals surface area contributed by atoms with Crippen molar-refractivity contribution >= 4 is 42.9 Å². The second-order valence-electron chi connectivity index (χ2n) is 7.04. The van der Waals surface area contributed by atoms with Crippen LogP contribution in [0.15, 0.2) is 28.7 Å². The third kappa shape index (κ3) is 3.20. The summed E-state index contributed by atoms with van der Waals surface area (Å²) in [7, 11) is -1.51. The zero-order chi connectivity index (χ0) is 19.2. The van der Waals surface area contributed by atoms with Crippen LogP contribution in [-0.4, -0.2) is 71.7 Å². The van der Waals surface area contributed by atoms with Gasteiger partial charge in [0.15, 0.2) is 0 Å². The van der Waals surface area contributed by atoms with Crippen LogP contribution in [-0.2, 0) is 17.3 Å². The predicted molar refractivity (Wildman–Crippen MR) is 108 cm³/mol. The number of nitrogens with zero attached hydrogens (tertiary/aromatic N) is 4. The van der Waals surface area contributed by atoms with Crippen molar-refractivity contribution in [1.82, 2.24) is 18.1 Å². The Labute approximate surface area is 167 Å². The highest BCUT2D eigenvalue weighted by Crippen LogP contribution is 2.31. The first kappa shape index (κ1) is 18.9. The molecule has 0 spiro atoms. The molecule has 3 heterocycles. The van der Waals surface area contributed by atoms with Crippen LogP contribution in [0.5, 0.6) is 0 Å². The Kier molecular flexibility index (Phi) is 5.04. The Morgan fingerprint density at radius 2 is 1.56 bits per heavy atom. The number of fused-ring (bicyclic) bond motifs is 1. The Morgan fingerprint density at radius 1 is 0.963 bits per heavy atom. The first-order chi connectivity index (χ1) is 12.9. The summed E-state index contributed by atoms with van der Waals surface area (Å²) in [6.07, 6.45) is 1.85. The monoisotopic (exact) mass is 454 g/mol. The van der Waals surface area contributed by atoms with Crippen molar-refractivity contribution in [2.24, 2.45) is 7.05 Å². The van der Waals surface area contributed by atoms with E-state index in [-0.39, 0.29) is 5.91 Å². The van der Waals surface area contributed by atoms with Gasteiger partial charge in [-0.3, -0.25) is 4.79 Å². The van der Waals surface area contributed by atoms with Crippen LogP contribution >= 0.6 is 15.9 Å². The van der Waals surface area contributed by atoms with Crippen molar-refractivity contribution in [2.45, 2.75) is 12.8 Å². The summed E-state index contributed by atoms with van der Waals surface area (Å²) in [5.74, 6) is -0.0706. The van der Waals surface area contributed by atoms with Gasteiger partial charge in [0.05, 0.1) is 4.47 Å². The molecule has 2 saturated heterocycles. The van der Waals surface area contributed by atoms with E-state index in [0.717, 1.165) is 28.2 Å². The van der Waals surface area contributed by atoms with E-state index in [1.165, 1.54) is 4.31 Å². The lowest BCUT2D eigenvalue weighted by Crippen LogP contribution is -2.54. The van der Waals surface area contributed by atoms with Gasteiger partial charge < -0.3 is 9.47 Å². The van der Waals surface area contributed by atoms with Crippen molar-refractivity contribution < 1.29 is 13.2 Å². The van der Waals surface area contributed by atoms with E-state index in [0.29, 0.717) is 45.0 Å². The molecule has 1 aromatic heterocycles. The van der Waals surface area contributed by atoms with Crippen molar-refractivity contribution in [3.8, 4) is 0 Å². The van der Waals surface area contributed by atoms with Gasteiger partial charge in [-0.15, -0.1) is 0 Å². The van der Waals surface area contributed by atoms with E-state index in [9.17, 15) is 13.2 Å². The number of aryl methyl sites for hydroxylation is 1. The van der Waals surface area contributed by atoms with Crippen molar-refractivity contribution in [3.63, 3.8) is 0 Å². The van der Waals surface area contributed by atoms with E-state index < -0.39 is 10.2 Å². The number of hydrogen-bond acceptors (Lipinski definition) is 3. The van der Waals surface area contributed by atoms with E-state index in [1.54, 1.807) is 9.21 Å². The minimum Gasteiger partial charge on any atom is -0.339 e. The minimum atomic E-state index is -3.40. The largest absolute Gasteiger partial charge is 0.339 e. The molecule has 0 radical (unpaired) electrons. The summed E-state index contributed by atoms with van der Waals surface area (Å²) >= 11 is 3.58. The van der Waals surface area contributed by atoms with Crippen molar-refractivity contribution in [2.75, 3.05) is 39.3 Å². The molecule has 0 N–H and O–H groups in total. The van der Waals surface area contributed by atoms with Crippen LogP contribution in [0.25, 0.3) is 10.9 Å². The number of para-hydroxylation sites is 1. The number of piperazine rings is 1. The first-order valence-corrected chi connectivity index (χ1v) is 11.4. The number of aromatic nitrogens is 1. The average Bonchev–Trinajstić information content (AvgIpc) is 3.30. The lowest BCUT2D eigenvalue weighted by Gasteiger charge is -2.35. The quantitative estimate of drug-likeness (QED) is 0.712. The van der Waals surface area contributed by atoms with Gasteiger partial charge in [0.1, 0.15) is 5.69 Å². The van der Waals surface area contributed by atoms with Crippen LogP contribution in [0.1, 0.15) is 23.3 Å². The lowest BCUT2D eigenvalue weighted by atomic mass is 10.2. The average molecular weight is 455 g/mol. The molecule has 2 fully saturated rings. The van der Waals surface area contributed by atoms with Crippen LogP contribution in [0, 0.1) is 0 Å². The third-order valence-electron chi connectivity index (χ3n) is 5.49. The summed E-state index contributed by atoms with van der Waals surface area (Å²) in [5.41, 5.74) is 1.59. The molecule has 146 valence electrons. The summed E-state index contributed by atoms with van der Waals surface area (Å²) < 4.78 is 31.2. The Bertz CT molecular complexity index is 935. The fraction of sp³-hybridized carbons (Fsp3) is 0.500. The molecule has 9 heteroatoms. The van der Waals surface area contributed by atoms with E-state index in [1.807, 2.05) is 35.9 Å². The van der Waals surface area contributed by atoms with Gasteiger partial charge in [0, 0.05) is 57.2 Å². The number of amides is 1. The van der Waals surface area contributed by atoms with Gasteiger partial charge in [-0.05, 0) is 34.8 Å². The van der Waals surface area contributed by atoms with Crippen molar-refractivity contribution in [1.29, 1.82) is 0 Å². The summed E-state index contributed by atoms with van der Waals surface area (Å²) in [6, 6.07) is 7.86. The highest BCUT2D eigenvalue weighted by atomic mass is 79.9. The smallest absolute Gasteiger partial charge is 0.282 e. The topological polar surface area (TPSA) is 65.9 Å². The molecule has 2 aromatic rings. The molecular weight excluding hydrogens is 432 g/mol. The summed E-state index contributed by atoms with van der Waals surface area (Å²) in [4.78, 5) is 14.9. The molecule has 0 unspecified atom stereocenters. The van der Waals surface area contributed by atoms with E-state index >= 15 is 0 Å². The second-order valence-corrected chi connectivity index (χ2v) is 9.77. The van der Waals surface area contributed by atoms with Crippen LogP contribution in [0.3, 0.4) is 0 Å². The maximum absolute atomic E-state index is 13.1. The van der Waals surface area contributed by atoms with Crippen LogP contribution in [0.2, 0.25) is 0 Å². The number of halogens is 1. The van der Waals surface area contributed by atoms with Gasteiger partial charge in [-0.2, -0.15) is 17.0 Å². The highest BCUT2D eigenvalue weighted by molar-refractivity contribution is 9.10. The molecule has 0 aliphatic carbocycles. The molecule has 0 bridgehead atoms. The van der Waals surface area contributed by atoms with Crippen LogP contribution < -0.4 is 0 Å². The number of carbonyl (C=O) groups is 1. The summed E-state index contributed by atoms with van der Waals surface area (Å²) in [5, 5.41) is 0.999. The fourth-order valence-electron chi connectivity index (χ4n) is 3.94. The predicted octanol–water partition coefficient (Wildman–Crippen LogP) is 2.04. The number of benzene rings is 1. The molecule has 7 nitrogen and oxygen atoms in total. The molecule has 4 rings (SSSR count). The molecule has 1 aromatic carbocycles. The highest BCUT2D eigenvalue weighted by Gasteiger charge is 2.35. The molecule has 2 aliphatic heterocycles. The Hall–Kier alpha value is -1.42. The maximum atomic E-state index is 13.1.